The van der Waals surface area contributed by atoms with Crippen molar-refractivity contribution in [2.24, 2.45) is 0 Å². The molecule has 1 fully saturated rings. The maximum absolute atomic E-state index is 12.4. The first-order chi connectivity index (χ1) is 15.4. The molecule has 8 nitrogen and oxygen atoms in total. The molecule has 3 aromatic rings. The monoisotopic (exact) mass is 470 g/mol. The first-order valence-electron chi connectivity index (χ1n) is 10.4. The van der Waals surface area contributed by atoms with Gasteiger partial charge in [-0.15, -0.1) is 11.3 Å². The summed E-state index contributed by atoms with van der Waals surface area (Å²) in [7, 11) is 4.04. The topological polar surface area (TPSA) is 86.5 Å². The predicted molar refractivity (Wildman–Crippen MR) is 132 cm³/mol. The van der Waals surface area contributed by atoms with E-state index in [2.05, 4.69) is 42.7 Å². The van der Waals surface area contributed by atoms with E-state index in [0.717, 1.165) is 47.4 Å². The van der Waals surface area contributed by atoms with Gasteiger partial charge in [0.25, 0.3) is 5.91 Å². The van der Waals surface area contributed by atoms with Gasteiger partial charge in [-0.3, -0.25) is 4.79 Å². The molecule has 0 bridgehead atoms. The van der Waals surface area contributed by atoms with Gasteiger partial charge in [-0.1, -0.05) is 5.16 Å². The van der Waals surface area contributed by atoms with Gasteiger partial charge >= 0.3 is 0 Å². The number of carbonyl (C=O) groups excluding carboxylic acids is 1. The minimum atomic E-state index is -0.274. The SMILES string of the molecule is Cc1cc(NC(=O)c2csc(C3CCN(C(=S)Nc4ccc(N(C)C)cc4)CC3)n2)no1. The Hall–Kier alpha value is -2.98. The number of nitrogens with one attached hydrogen (secondary N) is 2. The van der Waals surface area contributed by atoms with Gasteiger partial charge in [0, 0.05) is 55.9 Å². The van der Waals surface area contributed by atoms with Crippen LogP contribution in [0.15, 0.2) is 40.2 Å². The number of carbonyl (C=O) groups is 1. The van der Waals surface area contributed by atoms with Crippen LogP contribution >= 0.6 is 23.6 Å². The zero-order valence-electron chi connectivity index (χ0n) is 18.3. The molecule has 1 saturated heterocycles. The van der Waals surface area contributed by atoms with Crippen molar-refractivity contribution in [2.45, 2.75) is 25.7 Å². The van der Waals surface area contributed by atoms with Gasteiger partial charge < -0.3 is 25.0 Å². The Morgan fingerprint density at radius 1 is 1.22 bits per heavy atom. The molecule has 0 spiro atoms. The molecule has 0 saturated carbocycles. The van der Waals surface area contributed by atoms with E-state index in [4.69, 9.17) is 16.7 Å². The van der Waals surface area contributed by atoms with Crippen LogP contribution in [0.1, 0.15) is 40.0 Å². The van der Waals surface area contributed by atoms with E-state index in [-0.39, 0.29) is 5.91 Å². The Morgan fingerprint density at radius 2 is 1.94 bits per heavy atom. The Bertz CT molecular complexity index is 1080. The van der Waals surface area contributed by atoms with Gasteiger partial charge in [-0.05, 0) is 56.2 Å². The molecule has 0 atom stereocenters. The van der Waals surface area contributed by atoms with Crippen LogP contribution < -0.4 is 15.5 Å². The van der Waals surface area contributed by atoms with Crippen molar-refractivity contribution in [3.05, 3.63) is 52.2 Å². The molecule has 1 aliphatic rings. The van der Waals surface area contributed by atoms with E-state index in [1.165, 1.54) is 11.3 Å². The Labute approximate surface area is 196 Å². The number of aromatic nitrogens is 2. The highest BCUT2D eigenvalue weighted by atomic mass is 32.1. The summed E-state index contributed by atoms with van der Waals surface area (Å²) in [6.45, 7) is 3.48. The van der Waals surface area contributed by atoms with Crippen LogP contribution in [0.25, 0.3) is 0 Å². The standard InChI is InChI=1S/C22H26N6O2S2/c1-14-12-19(26-30-14)25-20(29)18-13-32-21(24-18)15-8-10-28(11-9-15)22(31)23-16-4-6-17(7-5-16)27(2)3/h4-7,12-13,15H,8-11H2,1-3H3,(H,23,31)(H,25,26,29). The summed E-state index contributed by atoms with van der Waals surface area (Å²) in [4.78, 5) is 21.2. The molecule has 168 valence electrons. The number of hydrogen-bond acceptors (Lipinski definition) is 7. The minimum absolute atomic E-state index is 0.274. The number of hydrogen-bond donors (Lipinski definition) is 2. The third-order valence-electron chi connectivity index (χ3n) is 5.39. The number of likely N-dealkylation sites (tertiary alicyclic amines) is 1. The Kier molecular flexibility index (Phi) is 6.71. The molecule has 2 N–H and O–H groups in total. The predicted octanol–water partition coefficient (Wildman–Crippen LogP) is 4.33. The molecule has 3 heterocycles. The molecule has 1 aromatic carbocycles. The summed E-state index contributed by atoms with van der Waals surface area (Å²) in [6, 6.07) is 9.89. The summed E-state index contributed by atoms with van der Waals surface area (Å²) in [6.07, 6.45) is 1.89. The van der Waals surface area contributed by atoms with Crippen molar-refractivity contribution >= 4 is 51.8 Å². The first kappa shape index (κ1) is 22.2. The summed E-state index contributed by atoms with van der Waals surface area (Å²) < 4.78 is 4.98. The first-order valence-corrected chi connectivity index (χ1v) is 11.7. The lowest BCUT2D eigenvalue weighted by Gasteiger charge is -2.33. The zero-order valence-corrected chi connectivity index (χ0v) is 19.9. The third kappa shape index (κ3) is 5.25. The van der Waals surface area contributed by atoms with Crippen molar-refractivity contribution in [3.63, 3.8) is 0 Å². The molecular weight excluding hydrogens is 444 g/mol. The largest absolute Gasteiger partial charge is 0.378 e. The van der Waals surface area contributed by atoms with Crippen LogP contribution in [0.2, 0.25) is 0 Å². The number of amides is 1. The van der Waals surface area contributed by atoms with Crippen LogP contribution in [-0.4, -0.2) is 53.2 Å². The van der Waals surface area contributed by atoms with Crippen molar-refractivity contribution in [3.8, 4) is 0 Å². The highest BCUT2D eigenvalue weighted by molar-refractivity contribution is 7.80. The fourth-order valence-corrected chi connectivity index (χ4v) is 4.83. The average Bonchev–Trinajstić information content (AvgIpc) is 3.43. The number of benzene rings is 1. The lowest BCUT2D eigenvalue weighted by molar-refractivity contribution is 0.102. The normalized spacial score (nSPS) is 14.3. The van der Waals surface area contributed by atoms with Crippen LogP contribution in [0.3, 0.4) is 0 Å². The second kappa shape index (κ2) is 9.66. The summed E-state index contributed by atoms with van der Waals surface area (Å²) in [5, 5.41) is 13.4. The highest BCUT2D eigenvalue weighted by Crippen LogP contribution is 2.31. The summed E-state index contributed by atoms with van der Waals surface area (Å²) >= 11 is 7.15. The van der Waals surface area contributed by atoms with E-state index in [0.29, 0.717) is 23.2 Å². The quantitative estimate of drug-likeness (QED) is 0.533. The van der Waals surface area contributed by atoms with Crippen molar-refractivity contribution in [1.29, 1.82) is 0 Å². The number of thiazole rings is 1. The van der Waals surface area contributed by atoms with Crippen LogP contribution in [0.5, 0.6) is 0 Å². The number of rotatable bonds is 5. The lowest BCUT2D eigenvalue weighted by Crippen LogP contribution is -2.40. The molecule has 4 rings (SSSR count). The molecule has 1 amide bonds. The van der Waals surface area contributed by atoms with Crippen LogP contribution in [0.4, 0.5) is 17.2 Å². The fraction of sp³-hybridized carbons (Fsp3) is 0.364. The van der Waals surface area contributed by atoms with E-state index in [9.17, 15) is 4.79 Å². The lowest BCUT2D eigenvalue weighted by atomic mass is 9.98. The molecule has 32 heavy (non-hydrogen) atoms. The van der Waals surface area contributed by atoms with E-state index in [1.807, 2.05) is 26.2 Å². The number of anilines is 3. The molecule has 0 unspecified atom stereocenters. The molecule has 2 aromatic heterocycles. The van der Waals surface area contributed by atoms with Crippen LogP contribution in [0, 0.1) is 6.92 Å². The second-order valence-electron chi connectivity index (χ2n) is 7.98. The summed E-state index contributed by atoms with van der Waals surface area (Å²) in [5.41, 5.74) is 2.54. The van der Waals surface area contributed by atoms with Gasteiger partial charge in [0.15, 0.2) is 10.9 Å². The number of aryl methyl sites for hydroxylation is 1. The van der Waals surface area contributed by atoms with Crippen molar-refractivity contribution in [1.82, 2.24) is 15.0 Å². The molecular formula is C22H26N6O2S2. The van der Waals surface area contributed by atoms with E-state index >= 15 is 0 Å². The second-order valence-corrected chi connectivity index (χ2v) is 9.26. The maximum atomic E-state index is 12.4. The van der Waals surface area contributed by atoms with Crippen LogP contribution in [-0.2, 0) is 0 Å². The van der Waals surface area contributed by atoms with Crippen molar-refractivity contribution < 1.29 is 9.32 Å². The van der Waals surface area contributed by atoms with Gasteiger partial charge in [0.2, 0.25) is 0 Å². The zero-order chi connectivity index (χ0) is 22.7. The van der Waals surface area contributed by atoms with Gasteiger partial charge in [0.1, 0.15) is 11.5 Å². The van der Waals surface area contributed by atoms with E-state index < -0.39 is 0 Å². The van der Waals surface area contributed by atoms with Gasteiger partial charge in [-0.25, -0.2) is 4.98 Å². The summed E-state index contributed by atoms with van der Waals surface area (Å²) in [5.74, 6) is 1.09. The van der Waals surface area contributed by atoms with Gasteiger partial charge in [0.05, 0.1) is 5.01 Å². The molecule has 1 aliphatic heterocycles. The molecule has 10 heteroatoms. The third-order valence-corrected chi connectivity index (χ3v) is 6.76. The molecule has 0 radical (unpaired) electrons. The number of nitrogens with zero attached hydrogens (tertiary/aromatic N) is 4. The fourth-order valence-electron chi connectivity index (χ4n) is 3.56. The Balaban J connectivity index is 1.29. The Morgan fingerprint density at radius 3 is 2.56 bits per heavy atom. The average molecular weight is 471 g/mol. The maximum Gasteiger partial charge on any atom is 0.276 e. The van der Waals surface area contributed by atoms with Crippen molar-refractivity contribution in [2.75, 3.05) is 42.7 Å². The van der Waals surface area contributed by atoms with E-state index in [1.54, 1.807) is 18.4 Å². The smallest absolute Gasteiger partial charge is 0.276 e. The number of thiocarbonyl (C=S) groups is 1. The van der Waals surface area contributed by atoms with Gasteiger partial charge in [-0.2, -0.15) is 0 Å². The number of piperidine rings is 1. The highest BCUT2D eigenvalue weighted by Gasteiger charge is 2.25. The minimum Gasteiger partial charge on any atom is -0.378 e. The molecule has 0 aliphatic carbocycles.